The Hall–Kier alpha value is -3.44. The standard InChI is InChI=1S/C19H15N3O4S/c1-25-16-10-13(12-23)5-6-15(16)26-19(24)14-11-22(8-3-7-20)21-18(14)17-4-2-9-27-17/h2,4-6,9-12H,3,8H2,1H3. The smallest absolute Gasteiger partial charge is 0.347 e. The summed E-state index contributed by atoms with van der Waals surface area (Å²) in [6.07, 6.45) is 2.53. The van der Waals surface area contributed by atoms with Crippen LogP contribution in [0.5, 0.6) is 11.5 Å². The molecule has 0 bridgehead atoms. The number of ether oxygens (including phenoxy) is 2. The van der Waals surface area contributed by atoms with Gasteiger partial charge in [0, 0.05) is 11.8 Å². The van der Waals surface area contributed by atoms with Crippen LogP contribution in [0.4, 0.5) is 0 Å². The molecule has 1 aromatic carbocycles. The van der Waals surface area contributed by atoms with Crippen molar-refractivity contribution in [3.05, 3.63) is 53.0 Å². The van der Waals surface area contributed by atoms with Crippen LogP contribution in [0.15, 0.2) is 41.9 Å². The maximum absolute atomic E-state index is 12.8. The molecule has 3 aromatic rings. The number of aromatic nitrogens is 2. The Balaban J connectivity index is 1.93. The van der Waals surface area contributed by atoms with Crippen LogP contribution in [0, 0.1) is 11.3 Å². The van der Waals surface area contributed by atoms with Crippen molar-refractivity contribution in [3.63, 3.8) is 0 Å². The van der Waals surface area contributed by atoms with Crippen molar-refractivity contribution in [2.45, 2.75) is 13.0 Å². The van der Waals surface area contributed by atoms with Crippen LogP contribution in [-0.2, 0) is 6.54 Å². The highest BCUT2D eigenvalue weighted by molar-refractivity contribution is 7.13. The molecule has 0 aliphatic heterocycles. The summed E-state index contributed by atoms with van der Waals surface area (Å²) >= 11 is 1.45. The van der Waals surface area contributed by atoms with E-state index >= 15 is 0 Å². The van der Waals surface area contributed by atoms with Gasteiger partial charge in [-0.25, -0.2) is 4.79 Å². The number of hydrogen-bond donors (Lipinski definition) is 0. The molecule has 0 saturated heterocycles. The van der Waals surface area contributed by atoms with Gasteiger partial charge in [-0.3, -0.25) is 9.48 Å². The zero-order valence-corrected chi connectivity index (χ0v) is 15.2. The molecule has 8 heteroatoms. The van der Waals surface area contributed by atoms with Gasteiger partial charge in [0.1, 0.15) is 17.5 Å². The highest BCUT2D eigenvalue weighted by atomic mass is 32.1. The lowest BCUT2D eigenvalue weighted by Crippen LogP contribution is -2.10. The molecule has 0 aliphatic rings. The van der Waals surface area contributed by atoms with E-state index in [1.165, 1.54) is 36.6 Å². The number of esters is 1. The van der Waals surface area contributed by atoms with E-state index in [1.54, 1.807) is 10.9 Å². The summed E-state index contributed by atoms with van der Waals surface area (Å²) in [5.41, 5.74) is 1.20. The molecule has 0 N–H and O–H groups in total. The topological polar surface area (TPSA) is 94.2 Å². The first-order valence-electron chi connectivity index (χ1n) is 8.00. The summed E-state index contributed by atoms with van der Waals surface area (Å²) in [6.45, 7) is 0.375. The first kappa shape index (κ1) is 18.4. The predicted molar refractivity (Wildman–Crippen MR) is 99.1 cm³/mol. The van der Waals surface area contributed by atoms with Gasteiger partial charge in [-0.1, -0.05) is 6.07 Å². The predicted octanol–water partition coefficient (Wildman–Crippen LogP) is 3.57. The average Bonchev–Trinajstić information content (AvgIpc) is 3.36. The lowest BCUT2D eigenvalue weighted by atomic mass is 10.2. The Morgan fingerprint density at radius 2 is 2.22 bits per heavy atom. The summed E-state index contributed by atoms with van der Waals surface area (Å²) < 4.78 is 12.2. The Kier molecular flexibility index (Phi) is 5.64. The van der Waals surface area contributed by atoms with E-state index in [0.29, 0.717) is 24.1 Å². The van der Waals surface area contributed by atoms with Gasteiger partial charge in [0.2, 0.25) is 0 Å². The lowest BCUT2D eigenvalue weighted by Gasteiger charge is -2.09. The molecule has 27 heavy (non-hydrogen) atoms. The quantitative estimate of drug-likeness (QED) is 0.353. The second-order valence-electron chi connectivity index (χ2n) is 5.46. The third kappa shape index (κ3) is 4.04. The maximum Gasteiger partial charge on any atom is 0.347 e. The number of carbonyl (C=O) groups excluding carboxylic acids is 2. The average molecular weight is 381 g/mol. The molecule has 0 amide bonds. The Labute approximate surface area is 159 Å². The van der Waals surface area contributed by atoms with E-state index in [9.17, 15) is 9.59 Å². The summed E-state index contributed by atoms with van der Waals surface area (Å²) in [5, 5.41) is 15.1. The van der Waals surface area contributed by atoms with Crippen LogP contribution < -0.4 is 9.47 Å². The molecule has 136 valence electrons. The number of rotatable bonds is 7. The fourth-order valence-corrected chi connectivity index (χ4v) is 3.17. The van der Waals surface area contributed by atoms with Gasteiger partial charge in [0.25, 0.3) is 0 Å². The minimum Gasteiger partial charge on any atom is -0.493 e. The molecular weight excluding hydrogens is 366 g/mol. The van der Waals surface area contributed by atoms with Gasteiger partial charge in [-0.15, -0.1) is 11.3 Å². The van der Waals surface area contributed by atoms with Crippen LogP contribution >= 0.6 is 11.3 Å². The van der Waals surface area contributed by atoms with Gasteiger partial charge in [-0.2, -0.15) is 10.4 Å². The Morgan fingerprint density at radius 1 is 1.37 bits per heavy atom. The van der Waals surface area contributed by atoms with Crippen molar-refractivity contribution in [3.8, 4) is 28.1 Å². The molecule has 0 fully saturated rings. The van der Waals surface area contributed by atoms with Crippen molar-refractivity contribution >= 4 is 23.6 Å². The van der Waals surface area contributed by atoms with E-state index in [1.807, 2.05) is 17.5 Å². The van der Waals surface area contributed by atoms with Gasteiger partial charge in [-0.05, 0) is 29.6 Å². The zero-order valence-electron chi connectivity index (χ0n) is 14.4. The summed E-state index contributed by atoms with van der Waals surface area (Å²) in [5.74, 6) is -0.115. The summed E-state index contributed by atoms with van der Waals surface area (Å²) in [6, 6.07) is 10.3. The molecular formula is C19H15N3O4S. The number of nitriles is 1. The normalized spacial score (nSPS) is 10.2. The maximum atomic E-state index is 12.8. The Morgan fingerprint density at radius 3 is 2.89 bits per heavy atom. The summed E-state index contributed by atoms with van der Waals surface area (Å²) in [4.78, 5) is 24.5. The molecule has 0 spiro atoms. The minimum atomic E-state index is -0.598. The van der Waals surface area contributed by atoms with Gasteiger partial charge < -0.3 is 9.47 Å². The molecule has 7 nitrogen and oxygen atoms in total. The lowest BCUT2D eigenvalue weighted by molar-refractivity contribution is 0.0730. The number of aryl methyl sites for hydroxylation is 1. The van der Waals surface area contributed by atoms with Gasteiger partial charge >= 0.3 is 5.97 Å². The van der Waals surface area contributed by atoms with Gasteiger partial charge in [0.05, 0.1) is 31.0 Å². The first-order valence-corrected chi connectivity index (χ1v) is 8.88. The van der Waals surface area contributed by atoms with E-state index in [4.69, 9.17) is 14.7 Å². The molecule has 0 radical (unpaired) electrons. The van der Waals surface area contributed by atoms with Gasteiger partial charge in [0.15, 0.2) is 11.5 Å². The monoisotopic (exact) mass is 381 g/mol. The fourth-order valence-electron chi connectivity index (χ4n) is 2.44. The third-order valence-corrected chi connectivity index (χ3v) is 4.59. The van der Waals surface area contributed by atoms with Crippen LogP contribution in [0.2, 0.25) is 0 Å². The van der Waals surface area contributed by atoms with Crippen molar-refractivity contribution in [1.82, 2.24) is 9.78 Å². The number of nitrogens with zero attached hydrogens (tertiary/aromatic N) is 3. The highest BCUT2D eigenvalue weighted by Crippen LogP contribution is 2.31. The van der Waals surface area contributed by atoms with Crippen LogP contribution in [-0.4, -0.2) is 29.1 Å². The number of thiophene rings is 1. The second-order valence-corrected chi connectivity index (χ2v) is 6.41. The molecule has 0 saturated carbocycles. The molecule has 0 aliphatic carbocycles. The number of carbonyl (C=O) groups is 2. The van der Waals surface area contributed by atoms with E-state index in [0.717, 1.165) is 4.88 Å². The largest absolute Gasteiger partial charge is 0.493 e. The van der Waals surface area contributed by atoms with Crippen LogP contribution in [0.25, 0.3) is 10.6 Å². The number of benzene rings is 1. The molecule has 2 heterocycles. The molecule has 0 atom stereocenters. The summed E-state index contributed by atoms with van der Waals surface area (Å²) in [7, 11) is 1.43. The number of hydrogen-bond acceptors (Lipinski definition) is 7. The SMILES string of the molecule is COc1cc(C=O)ccc1OC(=O)c1cn(CCC#N)nc1-c1cccs1. The van der Waals surface area contributed by atoms with E-state index < -0.39 is 5.97 Å². The van der Waals surface area contributed by atoms with E-state index in [2.05, 4.69) is 11.2 Å². The molecule has 3 rings (SSSR count). The van der Waals surface area contributed by atoms with Crippen molar-refractivity contribution in [2.24, 2.45) is 0 Å². The third-order valence-electron chi connectivity index (χ3n) is 3.72. The van der Waals surface area contributed by atoms with E-state index in [-0.39, 0.29) is 23.5 Å². The first-order chi connectivity index (χ1) is 13.2. The molecule has 2 aromatic heterocycles. The minimum absolute atomic E-state index is 0.204. The van der Waals surface area contributed by atoms with Crippen molar-refractivity contribution < 1.29 is 19.1 Å². The fraction of sp³-hybridized carbons (Fsp3) is 0.158. The number of aldehydes is 1. The van der Waals surface area contributed by atoms with Crippen molar-refractivity contribution in [2.75, 3.05) is 7.11 Å². The zero-order chi connectivity index (χ0) is 19.2. The number of methoxy groups -OCH3 is 1. The van der Waals surface area contributed by atoms with Crippen LogP contribution in [0.1, 0.15) is 27.1 Å². The highest BCUT2D eigenvalue weighted by Gasteiger charge is 2.22. The Bertz CT molecular complexity index is 1000. The molecule has 0 unspecified atom stereocenters. The van der Waals surface area contributed by atoms with Crippen molar-refractivity contribution in [1.29, 1.82) is 5.26 Å². The van der Waals surface area contributed by atoms with Crippen LogP contribution in [0.3, 0.4) is 0 Å². The second kappa shape index (κ2) is 8.29.